The van der Waals surface area contributed by atoms with Gasteiger partial charge in [-0.2, -0.15) is 0 Å². The number of benzene rings is 1. The molecule has 0 amide bonds. The van der Waals surface area contributed by atoms with Crippen molar-refractivity contribution >= 4 is 31.6 Å². The summed E-state index contributed by atoms with van der Waals surface area (Å²) in [5.41, 5.74) is 10.9. The Balaban J connectivity index is 0.911. The SMILES string of the molecule is COCOc1ccccc1-c1cc(N2CC3CCC(C2)N3c2ccnc(OC3CC(Oc4ccc(/C=C/CO[Si](C)(C)C(C)(C)C)nc4)C3)c2)c(N)nn1. The van der Waals surface area contributed by atoms with Gasteiger partial charge in [-0.25, -0.2) is 4.98 Å². The zero-order valence-corrected chi connectivity index (χ0v) is 33.3. The third-order valence-electron chi connectivity index (χ3n) is 11.2. The maximum absolute atomic E-state index is 6.44. The molecule has 13 heteroatoms. The number of hydrogen-bond acceptors (Lipinski definition) is 12. The molecule has 2 bridgehead atoms. The molecule has 2 aliphatic heterocycles. The fourth-order valence-electron chi connectivity index (χ4n) is 7.12. The summed E-state index contributed by atoms with van der Waals surface area (Å²) in [5.74, 6) is 2.52. The Morgan fingerprint density at radius 2 is 1.69 bits per heavy atom. The lowest BCUT2D eigenvalue weighted by Crippen LogP contribution is -2.54. The van der Waals surface area contributed by atoms with Gasteiger partial charge in [-0.05, 0) is 73.4 Å². The molecule has 3 fully saturated rings. The first-order chi connectivity index (χ1) is 26.0. The van der Waals surface area contributed by atoms with Gasteiger partial charge in [-0.15, -0.1) is 10.2 Å². The Morgan fingerprint density at radius 1 is 0.926 bits per heavy atom. The lowest BCUT2D eigenvalue weighted by Gasteiger charge is -2.43. The van der Waals surface area contributed by atoms with Gasteiger partial charge < -0.3 is 38.9 Å². The van der Waals surface area contributed by atoms with E-state index in [4.69, 9.17) is 29.1 Å². The van der Waals surface area contributed by atoms with Crippen molar-refractivity contribution in [1.82, 2.24) is 20.2 Å². The van der Waals surface area contributed by atoms with Crippen molar-refractivity contribution < 1.29 is 23.4 Å². The summed E-state index contributed by atoms with van der Waals surface area (Å²) in [6, 6.07) is 18.6. The van der Waals surface area contributed by atoms with Gasteiger partial charge in [0.15, 0.2) is 20.9 Å². The number of nitrogens with zero attached hydrogens (tertiary/aromatic N) is 6. The standard InChI is InChI=1S/C41H53N7O5Si/c1-41(2,3)54(5,6)51-19-9-10-28-13-16-32(24-44-28)52-33-21-34(22-33)53-39-20-29(17-18-43-39)48-30-14-15-31(48)26-47(25-30)37-23-36(45-46-40(37)42)35-11-7-8-12-38(35)50-27-49-4/h7-13,16-18,20,23-24,30-31,33-34H,14-15,19,21-22,25-27H2,1-6H3,(H2,42,46)/b10-9+. The Bertz CT molecular complexity index is 1900. The zero-order valence-electron chi connectivity index (χ0n) is 32.3. The topological polar surface area (TPSA) is 130 Å². The van der Waals surface area contributed by atoms with Crippen molar-refractivity contribution in [2.75, 3.05) is 49.1 Å². The number of pyridine rings is 2. The quantitative estimate of drug-likeness (QED) is 0.102. The average molecular weight is 752 g/mol. The van der Waals surface area contributed by atoms with Crippen molar-refractivity contribution in [3.63, 3.8) is 0 Å². The third kappa shape index (κ3) is 8.48. The molecule has 0 radical (unpaired) electrons. The van der Waals surface area contributed by atoms with Gasteiger partial charge >= 0.3 is 0 Å². The smallest absolute Gasteiger partial charge is 0.215 e. The fraction of sp³-hybridized carbons (Fsp3) is 0.463. The van der Waals surface area contributed by atoms with Gasteiger partial charge in [-0.1, -0.05) is 39.0 Å². The Labute approximate surface area is 319 Å². The molecule has 12 nitrogen and oxygen atoms in total. The third-order valence-corrected chi connectivity index (χ3v) is 15.7. The summed E-state index contributed by atoms with van der Waals surface area (Å²) in [5, 5.41) is 8.96. The highest BCUT2D eigenvalue weighted by atomic mass is 28.4. The van der Waals surface area contributed by atoms with Crippen LogP contribution in [0.4, 0.5) is 17.2 Å². The number of piperazine rings is 1. The predicted octanol–water partition coefficient (Wildman–Crippen LogP) is 7.38. The van der Waals surface area contributed by atoms with E-state index in [0.717, 1.165) is 67.2 Å². The number of methoxy groups -OCH3 is 1. The lowest BCUT2D eigenvalue weighted by atomic mass is 9.92. The number of nitrogens with two attached hydrogens (primary N) is 1. The molecule has 1 saturated carbocycles. The Hall–Kier alpha value is -4.72. The van der Waals surface area contributed by atoms with Gasteiger partial charge in [-0.3, -0.25) is 4.98 Å². The molecule has 7 rings (SSSR count). The van der Waals surface area contributed by atoms with E-state index in [1.54, 1.807) is 13.3 Å². The lowest BCUT2D eigenvalue weighted by molar-refractivity contribution is 0.00210. The zero-order chi connectivity index (χ0) is 37.9. The van der Waals surface area contributed by atoms with E-state index < -0.39 is 8.32 Å². The van der Waals surface area contributed by atoms with E-state index in [-0.39, 0.29) is 24.0 Å². The van der Waals surface area contributed by atoms with Gasteiger partial charge in [0.2, 0.25) is 5.88 Å². The van der Waals surface area contributed by atoms with Crippen LogP contribution in [-0.2, 0) is 9.16 Å². The number of aromatic nitrogens is 4. The van der Waals surface area contributed by atoms with Crippen LogP contribution < -0.4 is 29.7 Å². The first-order valence-electron chi connectivity index (χ1n) is 18.9. The Morgan fingerprint density at radius 3 is 2.41 bits per heavy atom. The van der Waals surface area contributed by atoms with Crippen molar-refractivity contribution in [2.24, 2.45) is 0 Å². The molecule has 286 valence electrons. The molecule has 2 unspecified atom stereocenters. The molecule has 3 aliphatic rings. The average Bonchev–Trinajstić information content (AvgIpc) is 3.41. The monoisotopic (exact) mass is 751 g/mol. The summed E-state index contributed by atoms with van der Waals surface area (Å²) < 4.78 is 29.7. The van der Waals surface area contributed by atoms with Crippen LogP contribution in [-0.4, -0.2) is 86.4 Å². The predicted molar refractivity (Wildman–Crippen MR) is 215 cm³/mol. The van der Waals surface area contributed by atoms with Crippen LogP contribution in [0.2, 0.25) is 18.1 Å². The van der Waals surface area contributed by atoms with Crippen LogP contribution in [0, 0.1) is 0 Å². The van der Waals surface area contributed by atoms with Gasteiger partial charge in [0, 0.05) is 68.6 Å². The number of anilines is 3. The molecule has 1 aliphatic carbocycles. The molecular weight excluding hydrogens is 699 g/mol. The highest BCUT2D eigenvalue weighted by molar-refractivity contribution is 6.74. The second kappa shape index (κ2) is 15.9. The van der Waals surface area contributed by atoms with E-state index in [9.17, 15) is 0 Å². The fourth-order valence-corrected chi connectivity index (χ4v) is 8.07. The van der Waals surface area contributed by atoms with E-state index in [1.165, 1.54) is 0 Å². The summed E-state index contributed by atoms with van der Waals surface area (Å²) in [6.45, 7) is 13.7. The molecule has 4 aromatic rings. The van der Waals surface area contributed by atoms with Gasteiger partial charge in [0.05, 0.1) is 29.9 Å². The summed E-state index contributed by atoms with van der Waals surface area (Å²) >= 11 is 0. The van der Waals surface area contributed by atoms with Crippen LogP contribution in [0.3, 0.4) is 0 Å². The number of fused-ring (bicyclic) bond motifs is 2. The largest absolute Gasteiger partial charge is 0.489 e. The first-order valence-corrected chi connectivity index (χ1v) is 21.8. The maximum Gasteiger partial charge on any atom is 0.215 e. The summed E-state index contributed by atoms with van der Waals surface area (Å²) in [6.07, 6.45) is 11.6. The highest BCUT2D eigenvalue weighted by Crippen LogP contribution is 2.40. The molecule has 1 aromatic carbocycles. The highest BCUT2D eigenvalue weighted by Gasteiger charge is 2.41. The Kier molecular flexibility index (Phi) is 11.1. The van der Waals surface area contributed by atoms with Crippen molar-refractivity contribution in [3.8, 4) is 28.6 Å². The van der Waals surface area contributed by atoms with Crippen molar-refractivity contribution in [1.29, 1.82) is 0 Å². The van der Waals surface area contributed by atoms with Crippen LogP contribution in [0.25, 0.3) is 17.3 Å². The van der Waals surface area contributed by atoms with E-state index in [2.05, 4.69) is 76.0 Å². The van der Waals surface area contributed by atoms with Crippen LogP contribution in [0.1, 0.15) is 52.1 Å². The maximum atomic E-state index is 6.44. The van der Waals surface area contributed by atoms with Crippen molar-refractivity contribution in [2.45, 2.75) is 88.9 Å². The molecule has 2 saturated heterocycles. The molecule has 3 aromatic heterocycles. The van der Waals surface area contributed by atoms with Gasteiger partial charge in [0.1, 0.15) is 23.7 Å². The number of nitrogen functional groups attached to an aromatic ring is 1. The molecule has 5 heterocycles. The minimum atomic E-state index is -1.76. The second-order valence-electron chi connectivity index (χ2n) is 15.9. The van der Waals surface area contributed by atoms with E-state index >= 15 is 0 Å². The molecule has 54 heavy (non-hydrogen) atoms. The van der Waals surface area contributed by atoms with Gasteiger partial charge in [0.25, 0.3) is 0 Å². The number of rotatable bonds is 14. The van der Waals surface area contributed by atoms with E-state index in [1.807, 2.05) is 60.8 Å². The summed E-state index contributed by atoms with van der Waals surface area (Å²) in [4.78, 5) is 14.0. The van der Waals surface area contributed by atoms with E-state index in [0.29, 0.717) is 41.8 Å². The first kappa shape index (κ1) is 37.6. The molecule has 2 atom stereocenters. The number of para-hydroxylation sites is 1. The molecular formula is C41H53N7O5Si. The summed E-state index contributed by atoms with van der Waals surface area (Å²) in [7, 11) is -0.163. The second-order valence-corrected chi connectivity index (χ2v) is 20.7. The van der Waals surface area contributed by atoms with Crippen LogP contribution >= 0.6 is 0 Å². The minimum absolute atomic E-state index is 0.0591. The number of hydrogen-bond donors (Lipinski definition) is 1. The normalized spacial score (nSPS) is 21.3. The van der Waals surface area contributed by atoms with Crippen LogP contribution in [0.5, 0.6) is 17.4 Å². The minimum Gasteiger partial charge on any atom is -0.489 e. The molecule has 2 N–H and O–H groups in total. The number of ether oxygens (including phenoxy) is 4. The van der Waals surface area contributed by atoms with Crippen LogP contribution in [0.15, 0.2) is 73.1 Å². The van der Waals surface area contributed by atoms with Crippen molar-refractivity contribution in [3.05, 3.63) is 78.8 Å². The molecule has 0 spiro atoms.